The maximum atomic E-state index is 13.0. The number of halogens is 3. The van der Waals surface area contributed by atoms with Gasteiger partial charge in [0.1, 0.15) is 5.82 Å². The SMILES string of the molecule is O=C([O-])CNc1nc(C(F)(F)F)nc2c1cnn2Cc1ccccc1. The zero-order chi connectivity index (χ0) is 18.0. The van der Waals surface area contributed by atoms with Gasteiger partial charge in [-0.3, -0.25) is 0 Å². The molecule has 0 radical (unpaired) electrons. The third kappa shape index (κ3) is 3.67. The van der Waals surface area contributed by atoms with Crippen LogP contribution in [0, 0.1) is 0 Å². The smallest absolute Gasteiger partial charge is 0.451 e. The molecule has 0 saturated carbocycles. The van der Waals surface area contributed by atoms with Crippen LogP contribution in [0.1, 0.15) is 11.4 Å². The second-order valence-electron chi connectivity index (χ2n) is 5.14. The summed E-state index contributed by atoms with van der Waals surface area (Å²) in [4.78, 5) is 17.5. The number of carbonyl (C=O) groups is 1. The molecule has 25 heavy (non-hydrogen) atoms. The van der Waals surface area contributed by atoms with Gasteiger partial charge in [-0.15, -0.1) is 0 Å². The summed E-state index contributed by atoms with van der Waals surface area (Å²) < 4.78 is 40.4. The monoisotopic (exact) mass is 350 g/mol. The van der Waals surface area contributed by atoms with Gasteiger partial charge in [-0.25, -0.2) is 14.6 Å². The molecule has 0 aliphatic heterocycles. The molecule has 0 bridgehead atoms. The molecule has 0 atom stereocenters. The van der Waals surface area contributed by atoms with Gasteiger partial charge in [0.2, 0.25) is 5.82 Å². The van der Waals surface area contributed by atoms with E-state index in [1.54, 1.807) is 24.3 Å². The van der Waals surface area contributed by atoms with Crippen LogP contribution in [-0.2, 0) is 17.5 Å². The average molecular weight is 350 g/mol. The lowest BCUT2D eigenvalue weighted by Gasteiger charge is -2.11. The summed E-state index contributed by atoms with van der Waals surface area (Å²) in [6.07, 6.45) is -3.50. The molecular formula is C15H11F3N5O2-. The molecule has 130 valence electrons. The molecule has 1 N–H and O–H groups in total. The number of carbonyl (C=O) groups excluding carboxylic acids is 1. The molecule has 1 aromatic carbocycles. The van der Waals surface area contributed by atoms with Crippen molar-refractivity contribution in [1.82, 2.24) is 19.7 Å². The van der Waals surface area contributed by atoms with Gasteiger partial charge in [-0.2, -0.15) is 18.3 Å². The van der Waals surface area contributed by atoms with E-state index >= 15 is 0 Å². The van der Waals surface area contributed by atoms with E-state index in [4.69, 9.17) is 0 Å². The van der Waals surface area contributed by atoms with E-state index in [1.807, 2.05) is 6.07 Å². The standard InChI is InChI=1S/C15H12F3N5O2/c16-15(17,18)14-21-12(19-7-11(24)25)10-6-20-23(13(10)22-14)8-9-4-2-1-3-5-9/h1-6H,7-8H2,(H,24,25)(H,19,21,22)/p-1. The molecule has 0 saturated heterocycles. The molecule has 0 unspecified atom stereocenters. The van der Waals surface area contributed by atoms with Gasteiger partial charge in [0, 0.05) is 0 Å². The number of hydrogen-bond acceptors (Lipinski definition) is 6. The number of benzene rings is 1. The predicted molar refractivity (Wildman–Crippen MR) is 79.4 cm³/mol. The van der Waals surface area contributed by atoms with Crippen molar-refractivity contribution in [2.45, 2.75) is 12.7 Å². The summed E-state index contributed by atoms with van der Waals surface area (Å²) in [7, 11) is 0. The van der Waals surface area contributed by atoms with Gasteiger partial charge in [0.15, 0.2) is 5.65 Å². The molecule has 2 aromatic heterocycles. The molecule has 0 fully saturated rings. The van der Waals surface area contributed by atoms with Crippen molar-refractivity contribution in [3.8, 4) is 0 Å². The van der Waals surface area contributed by atoms with Crippen molar-refractivity contribution >= 4 is 22.8 Å². The second kappa shape index (κ2) is 6.38. The number of nitrogens with one attached hydrogen (secondary N) is 1. The van der Waals surface area contributed by atoms with E-state index in [0.29, 0.717) is 0 Å². The summed E-state index contributed by atoms with van der Waals surface area (Å²) >= 11 is 0. The van der Waals surface area contributed by atoms with Crippen molar-refractivity contribution in [2.75, 3.05) is 11.9 Å². The number of rotatable bonds is 5. The molecule has 0 aliphatic carbocycles. The maximum absolute atomic E-state index is 13.0. The van der Waals surface area contributed by atoms with Crippen LogP contribution >= 0.6 is 0 Å². The molecule has 7 nitrogen and oxygen atoms in total. The highest BCUT2D eigenvalue weighted by Crippen LogP contribution is 2.30. The van der Waals surface area contributed by atoms with Crippen LogP contribution in [0.25, 0.3) is 11.0 Å². The van der Waals surface area contributed by atoms with Crippen molar-refractivity contribution in [2.24, 2.45) is 0 Å². The van der Waals surface area contributed by atoms with Crippen LogP contribution in [0.4, 0.5) is 19.0 Å². The van der Waals surface area contributed by atoms with E-state index in [1.165, 1.54) is 10.9 Å². The molecule has 0 spiro atoms. The fraction of sp³-hybridized carbons (Fsp3) is 0.200. The molecule has 2 heterocycles. The van der Waals surface area contributed by atoms with E-state index in [2.05, 4.69) is 20.4 Å². The lowest BCUT2D eigenvalue weighted by Crippen LogP contribution is -2.30. The normalized spacial score (nSPS) is 11.6. The first kappa shape index (κ1) is 16.7. The predicted octanol–water partition coefficient (Wildman–Crippen LogP) is 1.06. The maximum Gasteiger partial charge on any atom is 0.451 e. The van der Waals surface area contributed by atoms with E-state index < -0.39 is 24.5 Å². The van der Waals surface area contributed by atoms with Crippen LogP contribution in [0.15, 0.2) is 36.5 Å². The minimum Gasteiger partial charge on any atom is -0.548 e. The Morgan fingerprint density at radius 3 is 2.56 bits per heavy atom. The lowest BCUT2D eigenvalue weighted by molar-refractivity contribution is -0.302. The number of aromatic nitrogens is 4. The number of hydrogen-bond donors (Lipinski definition) is 1. The van der Waals surface area contributed by atoms with Crippen LogP contribution in [-0.4, -0.2) is 32.3 Å². The number of nitrogens with zero attached hydrogens (tertiary/aromatic N) is 4. The molecule has 3 rings (SSSR count). The minimum absolute atomic E-state index is 0.0490. The highest BCUT2D eigenvalue weighted by molar-refractivity contribution is 5.87. The Hall–Kier alpha value is -3.17. The number of carboxylic acid groups (broad SMARTS) is 1. The first-order valence-electron chi connectivity index (χ1n) is 7.13. The highest BCUT2D eigenvalue weighted by Gasteiger charge is 2.36. The quantitative estimate of drug-likeness (QED) is 0.739. The highest BCUT2D eigenvalue weighted by atomic mass is 19.4. The molecule has 3 aromatic rings. The van der Waals surface area contributed by atoms with Crippen LogP contribution in [0.5, 0.6) is 0 Å². The Labute approximate surface area is 139 Å². The van der Waals surface area contributed by atoms with Gasteiger partial charge >= 0.3 is 6.18 Å². The Bertz CT molecular complexity index is 909. The fourth-order valence-electron chi connectivity index (χ4n) is 2.24. The average Bonchev–Trinajstić information content (AvgIpc) is 2.96. The first-order chi connectivity index (χ1) is 11.8. The number of alkyl halides is 3. The molecule has 0 amide bonds. The van der Waals surface area contributed by atoms with E-state index in [9.17, 15) is 23.1 Å². The lowest BCUT2D eigenvalue weighted by atomic mass is 10.2. The Morgan fingerprint density at radius 1 is 1.20 bits per heavy atom. The Balaban J connectivity index is 2.08. The molecular weight excluding hydrogens is 339 g/mol. The van der Waals surface area contributed by atoms with Gasteiger partial charge < -0.3 is 15.2 Å². The third-order valence-corrected chi connectivity index (χ3v) is 3.33. The zero-order valence-electron chi connectivity index (χ0n) is 12.6. The summed E-state index contributed by atoms with van der Waals surface area (Å²) in [5.74, 6) is -3.12. The number of carboxylic acids is 1. The summed E-state index contributed by atoms with van der Waals surface area (Å²) in [6, 6.07) is 9.01. The van der Waals surface area contributed by atoms with E-state index in [0.717, 1.165) is 5.56 Å². The first-order valence-corrected chi connectivity index (χ1v) is 7.13. The number of anilines is 1. The topological polar surface area (TPSA) is 95.8 Å². The number of fused-ring (bicyclic) bond motifs is 1. The summed E-state index contributed by atoms with van der Waals surface area (Å²) in [5.41, 5.74) is 0.774. The summed E-state index contributed by atoms with van der Waals surface area (Å²) in [6.45, 7) is -0.480. The second-order valence-corrected chi connectivity index (χ2v) is 5.14. The third-order valence-electron chi connectivity index (χ3n) is 3.33. The largest absolute Gasteiger partial charge is 0.548 e. The molecule has 10 heteroatoms. The van der Waals surface area contributed by atoms with E-state index in [-0.39, 0.29) is 23.4 Å². The minimum atomic E-state index is -4.78. The summed E-state index contributed by atoms with van der Waals surface area (Å²) in [5, 5.41) is 17.1. The van der Waals surface area contributed by atoms with Crippen molar-refractivity contribution in [1.29, 1.82) is 0 Å². The zero-order valence-corrected chi connectivity index (χ0v) is 12.6. The van der Waals surface area contributed by atoms with Gasteiger partial charge in [-0.05, 0) is 5.56 Å². The van der Waals surface area contributed by atoms with Crippen LogP contribution in [0.2, 0.25) is 0 Å². The van der Waals surface area contributed by atoms with Gasteiger partial charge in [0.05, 0.1) is 30.6 Å². The van der Waals surface area contributed by atoms with Crippen LogP contribution in [0.3, 0.4) is 0 Å². The Morgan fingerprint density at radius 2 is 1.92 bits per heavy atom. The number of aliphatic carboxylic acids is 1. The van der Waals surface area contributed by atoms with Gasteiger partial charge in [-0.1, -0.05) is 30.3 Å². The van der Waals surface area contributed by atoms with Crippen LogP contribution < -0.4 is 10.4 Å². The molecule has 0 aliphatic rings. The van der Waals surface area contributed by atoms with Crippen molar-refractivity contribution in [3.63, 3.8) is 0 Å². The van der Waals surface area contributed by atoms with Crippen molar-refractivity contribution < 1.29 is 23.1 Å². The van der Waals surface area contributed by atoms with Crippen molar-refractivity contribution in [3.05, 3.63) is 47.9 Å². The Kier molecular flexibility index (Phi) is 4.26. The van der Waals surface area contributed by atoms with Gasteiger partial charge in [0.25, 0.3) is 0 Å². The fourth-order valence-corrected chi connectivity index (χ4v) is 2.24.